The number of methoxy groups -OCH3 is 2. The number of rotatable bonds is 6. The van der Waals surface area contributed by atoms with Crippen molar-refractivity contribution in [1.29, 1.82) is 0 Å². The zero-order chi connectivity index (χ0) is 19.6. The Balaban J connectivity index is 1.96. The molecule has 0 bridgehead atoms. The molecule has 27 heavy (non-hydrogen) atoms. The number of aromatic carboxylic acids is 1. The SMILES string of the molecule is COc1ccc(OC)c(NC(=O)Cc2c(C(=O)[O-])n(C)c3ccccc23)c1. The zero-order valence-corrected chi connectivity index (χ0v) is 15.2. The number of carboxylic acids is 1. The minimum Gasteiger partial charge on any atom is -0.543 e. The van der Waals surface area contributed by atoms with Gasteiger partial charge in [0.05, 0.1) is 38.0 Å². The average Bonchev–Trinajstić information content (AvgIpc) is 2.94. The maximum absolute atomic E-state index is 12.6. The molecule has 3 aromatic rings. The van der Waals surface area contributed by atoms with Crippen LogP contribution in [0.4, 0.5) is 5.69 Å². The Kier molecular flexibility index (Phi) is 5.03. The highest BCUT2D eigenvalue weighted by molar-refractivity contribution is 6.02. The van der Waals surface area contributed by atoms with Crippen molar-refractivity contribution in [2.45, 2.75) is 6.42 Å². The molecule has 0 saturated heterocycles. The Morgan fingerprint density at radius 2 is 1.85 bits per heavy atom. The van der Waals surface area contributed by atoms with Crippen LogP contribution in [0.3, 0.4) is 0 Å². The Morgan fingerprint density at radius 1 is 1.11 bits per heavy atom. The van der Waals surface area contributed by atoms with Crippen molar-refractivity contribution in [3.63, 3.8) is 0 Å². The molecular weight excluding hydrogens is 348 g/mol. The highest BCUT2D eigenvalue weighted by Gasteiger charge is 2.19. The molecule has 0 radical (unpaired) electrons. The summed E-state index contributed by atoms with van der Waals surface area (Å²) in [5, 5.41) is 15.1. The summed E-state index contributed by atoms with van der Waals surface area (Å²) in [6.07, 6.45) is -0.120. The van der Waals surface area contributed by atoms with E-state index in [1.54, 1.807) is 43.4 Å². The number of carbonyl (C=O) groups excluding carboxylic acids is 2. The minimum atomic E-state index is -1.32. The fourth-order valence-corrected chi connectivity index (χ4v) is 3.18. The summed E-state index contributed by atoms with van der Waals surface area (Å²) in [5.74, 6) is -0.662. The quantitative estimate of drug-likeness (QED) is 0.716. The minimum absolute atomic E-state index is 0.0102. The third-order valence-corrected chi connectivity index (χ3v) is 4.42. The van der Waals surface area contributed by atoms with Crippen LogP contribution in [0.25, 0.3) is 10.9 Å². The molecule has 0 aliphatic carbocycles. The van der Waals surface area contributed by atoms with Gasteiger partial charge in [-0.25, -0.2) is 0 Å². The van der Waals surface area contributed by atoms with E-state index < -0.39 is 5.97 Å². The lowest BCUT2D eigenvalue weighted by Gasteiger charge is -2.13. The first-order chi connectivity index (χ1) is 13.0. The van der Waals surface area contributed by atoms with E-state index in [0.717, 1.165) is 5.52 Å². The summed E-state index contributed by atoms with van der Waals surface area (Å²) >= 11 is 0. The molecule has 7 nitrogen and oxygen atoms in total. The van der Waals surface area contributed by atoms with Gasteiger partial charge in [-0.05, 0) is 23.8 Å². The molecule has 0 spiro atoms. The first-order valence-electron chi connectivity index (χ1n) is 8.25. The number of amides is 1. The number of para-hydroxylation sites is 1. The predicted molar refractivity (Wildman–Crippen MR) is 99.1 cm³/mol. The summed E-state index contributed by atoms with van der Waals surface area (Å²) < 4.78 is 12.0. The Bertz CT molecular complexity index is 1020. The summed E-state index contributed by atoms with van der Waals surface area (Å²) in [6.45, 7) is 0. The standard InChI is InChI=1S/C20H20N2O5/c1-22-16-7-5-4-6-13(16)14(19(22)20(24)25)11-18(23)21-15-10-12(26-2)8-9-17(15)27-3/h4-10H,11H2,1-3H3,(H,21,23)(H,24,25)/p-1. The smallest absolute Gasteiger partial charge is 0.229 e. The second-order valence-corrected chi connectivity index (χ2v) is 5.98. The average molecular weight is 367 g/mol. The van der Waals surface area contributed by atoms with Crippen LogP contribution in [0, 0.1) is 0 Å². The van der Waals surface area contributed by atoms with Crippen LogP contribution in [-0.2, 0) is 18.3 Å². The van der Waals surface area contributed by atoms with Gasteiger partial charge in [0.15, 0.2) is 0 Å². The van der Waals surface area contributed by atoms with E-state index in [1.165, 1.54) is 18.8 Å². The summed E-state index contributed by atoms with van der Waals surface area (Å²) in [5.41, 5.74) is 1.56. The predicted octanol–water partition coefficient (Wildman–Crippen LogP) is 1.74. The zero-order valence-electron chi connectivity index (χ0n) is 15.2. The number of carbonyl (C=O) groups is 2. The van der Waals surface area contributed by atoms with Crippen LogP contribution < -0.4 is 19.9 Å². The lowest BCUT2D eigenvalue weighted by atomic mass is 10.1. The maximum atomic E-state index is 12.6. The van der Waals surface area contributed by atoms with Crippen LogP contribution in [0.1, 0.15) is 16.1 Å². The van der Waals surface area contributed by atoms with Gasteiger partial charge in [0.25, 0.3) is 0 Å². The molecule has 0 aliphatic rings. The van der Waals surface area contributed by atoms with Gasteiger partial charge in [-0.2, -0.15) is 0 Å². The number of anilines is 1. The monoisotopic (exact) mass is 367 g/mol. The van der Waals surface area contributed by atoms with E-state index in [0.29, 0.717) is 28.1 Å². The maximum Gasteiger partial charge on any atom is 0.229 e. The summed E-state index contributed by atoms with van der Waals surface area (Å²) in [6, 6.07) is 12.2. The fraction of sp³-hybridized carbons (Fsp3) is 0.200. The van der Waals surface area contributed by atoms with Crippen molar-refractivity contribution in [3.05, 3.63) is 53.7 Å². The van der Waals surface area contributed by atoms with E-state index in [-0.39, 0.29) is 18.0 Å². The molecule has 0 atom stereocenters. The van der Waals surface area contributed by atoms with Gasteiger partial charge in [0.1, 0.15) is 11.5 Å². The molecule has 7 heteroatoms. The summed E-state index contributed by atoms with van der Waals surface area (Å²) in [4.78, 5) is 24.3. The Hall–Kier alpha value is -3.48. The van der Waals surface area contributed by atoms with E-state index >= 15 is 0 Å². The summed E-state index contributed by atoms with van der Waals surface area (Å²) in [7, 11) is 4.66. The molecule has 1 amide bonds. The van der Waals surface area contributed by atoms with E-state index in [9.17, 15) is 14.7 Å². The van der Waals surface area contributed by atoms with Gasteiger partial charge in [-0.1, -0.05) is 18.2 Å². The Morgan fingerprint density at radius 3 is 2.52 bits per heavy atom. The van der Waals surface area contributed by atoms with Crippen molar-refractivity contribution in [1.82, 2.24) is 4.57 Å². The van der Waals surface area contributed by atoms with Crippen LogP contribution >= 0.6 is 0 Å². The third-order valence-electron chi connectivity index (χ3n) is 4.42. The molecule has 1 N–H and O–H groups in total. The number of nitrogens with one attached hydrogen (secondary N) is 1. The van der Waals surface area contributed by atoms with Crippen LogP contribution in [-0.4, -0.2) is 30.7 Å². The van der Waals surface area contributed by atoms with E-state index in [1.807, 2.05) is 6.07 Å². The highest BCUT2D eigenvalue weighted by Crippen LogP contribution is 2.30. The molecule has 2 aromatic carbocycles. The molecule has 0 saturated carbocycles. The van der Waals surface area contributed by atoms with E-state index in [2.05, 4.69) is 5.32 Å². The molecule has 0 aliphatic heterocycles. The number of benzene rings is 2. The molecule has 3 rings (SSSR count). The van der Waals surface area contributed by atoms with Gasteiger partial charge in [0, 0.05) is 24.0 Å². The second kappa shape index (κ2) is 7.41. The second-order valence-electron chi connectivity index (χ2n) is 5.98. The van der Waals surface area contributed by atoms with Gasteiger partial charge >= 0.3 is 0 Å². The number of hydrogen-bond acceptors (Lipinski definition) is 5. The first-order valence-corrected chi connectivity index (χ1v) is 8.25. The van der Waals surface area contributed by atoms with Crippen LogP contribution in [0.2, 0.25) is 0 Å². The van der Waals surface area contributed by atoms with Crippen molar-refractivity contribution in [3.8, 4) is 11.5 Å². The van der Waals surface area contributed by atoms with Crippen molar-refractivity contribution in [2.24, 2.45) is 7.05 Å². The lowest BCUT2D eigenvalue weighted by molar-refractivity contribution is -0.255. The van der Waals surface area contributed by atoms with Crippen LogP contribution in [0.15, 0.2) is 42.5 Å². The normalized spacial score (nSPS) is 10.6. The molecule has 140 valence electrons. The van der Waals surface area contributed by atoms with Crippen LogP contribution in [0.5, 0.6) is 11.5 Å². The number of fused-ring (bicyclic) bond motifs is 1. The number of carboxylic acid groups (broad SMARTS) is 1. The fourth-order valence-electron chi connectivity index (χ4n) is 3.18. The van der Waals surface area contributed by atoms with Crippen molar-refractivity contribution < 1.29 is 24.2 Å². The molecule has 1 aromatic heterocycles. The van der Waals surface area contributed by atoms with Gasteiger partial charge in [-0.3, -0.25) is 4.79 Å². The molecule has 0 unspecified atom stereocenters. The third kappa shape index (κ3) is 3.44. The number of aromatic nitrogens is 1. The van der Waals surface area contributed by atoms with Crippen molar-refractivity contribution in [2.75, 3.05) is 19.5 Å². The number of nitrogens with zero attached hydrogens (tertiary/aromatic N) is 1. The largest absolute Gasteiger partial charge is 0.543 e. The topological polar surface area (TPSA) is 92.6 Å². The Labute approximate surface area is 156 Å². The highest BCUT2D eigenvalue weighted by atomic mass is 16.5. The number of ether oxygens (including phenoxy) is 2. The molecule has 1 heterocycles. The molecular formula is C20H19N2O5-. The van der Waals surface area contributed by atoms with Gasteiger partial charge in [-0.15, -0.1) is 0 Å². The van der Waals surface area contributed by atoms with Gasteiger partial charge in [0.2, 0.25) is 5.91 Å². The number of aryl methyl sites for hydroxylation is 1. The molecule has 0 fully saturated rings. The lowest BCUT2D eigenvalue weighted by Crippen LogP contribution is -2.27. The van der Waals surface area contributed by atoms with Crippen molar-refractivity contribution >= 4 is 28.5 Å². The number of hydrogen-bond donors (Lipinski definition) is 1. The van der Waals surface area contributed by atoms with Gasteiger partial charge < -0.3 is 29.3 Å². The van der Waals surface area contributed by atoms with E-state index in [4.69, 9.17) is 9.47 Å². The first kappa shape index (κ1) is 18.3.